The maximum Gasteiger partial charge on any atom is 0.324 e. The number of rotatable bonds is 3. The van der Waals surface area contributed by atoms with Gasteiger partial charge in [-0.25, -0.2) is 4.79 Å². The number of carbonyl (C=O) groups excluding carboxylic acids is 2. The van der Waals surface area contributed by atoms with Gasteiger partial charge in [0.15, 0.2) is 0 Å². The Bertz CT molecular complexity index is 345. The van der Waals surface area contributed by atoms with E-state index < -0.39 is 0 Å². The first-order chi connectivity index (χ1) is 7.61. The van der Waals surface area contributed by atoms with Crippen LogP contribution >= 0.6 is 0 Å². The minimum atomic E-state index is -0.185. The van der Waals surface area contributed by atoms with Crippen molar-refractivity contribution in [1.82, 2.24) is 10.2 Å². The molecule has 16 heavy (non-hydrogen) atoms. The molecule has 3 amide bonds. The summed E-state index contributed by atoms with van der Waals surface area (Å²) < 4.78 is 0. The third kappa shape index (κ3) is 1.60. The van der Waals surface area contributed by atoms with E-state index in [1.807, 2.05) is 11.8 Å². The molecule has 1 unspecified atom stereocenters. The molecule has 1 heterocycles. The molecule has 0 bridgehead atoms. The number of carbonyl (C=O) groups is 2. The molecule has 88 valence electrons. The van der Waals surface area contributed by atoms with E-state index >= 15 is 0 Å². The van der Waals surface area contributed by atoms with Crippen LogP contribution in [-0.2, 0) is 4.79 Å². The Kier molecular flexibility index (Phi) is 2.03. The number of nitrogens with one attached hydrogen (secondary N) is 1. The predicted molar refractivity (Wildman–Crippen MR) is 58.7 cm³/mol. The average molecular weight is 222 g/mol. The Morgan fingerprint density at radius 2 is 2.06 bits per heavy atom. The summed E-state index contributed by atoms with van der Waals surface area (Å²) >= 11 is 0. The molecule has 2 saturated carbocycles. The highest BCUT2D eigenvalue weighted by Crippen LogP contribution is 2.61. The van der Waals surface area contributed by atoms with Crippen LogP contribution in [0.1, 0.15) is 32.6 Å². The minimum Gasteiger partial charge on any atom is -0.323 e. The van der Waals surface area contributed by atoms with Gasteiger partial charge < -0.3 is 4.90 Å². The summed E-state index contributed by atoms with van der Waals surface area (Å²) in [4.78, 5) is 24.9. The first kappa shape index (κ1) is 10.1. The Hall–Kier alpha value is -1.06. The van der Waals surface area contributed by atoms with Gasteiger partial charge in [-0.1, -0.05) is 6.92 Å². The van der Waals surface area contributed by atoms with Gasteiger partial charge in [0, 0.05) is 13.1 Å². The second-order valence-corrected chi connectivity index (χ2v) is 5.71. The van der Waals surface area contributed by atoms with Crippen LogP contribution in [0.4, 0.5) is 4.79 Å². The molecule has 0 spiro atoms. The standard InChI is InChI=1S/C12H18N2O2/c1-8-6-14(11(16)13-10(8)15)7-12(4-5-12)9-2-3-9/h8-9H,2-7H2,1H3,(H,13,15,16). The number of amides is 3. The molecule has 2 aliphatic carbocycles. The molecule has 1 atom stereocenters. The number of imide groups is 1. The molecule has 1 N–H and O–H groups in total. The molecule has 1 aliphatic heterocycles. The quantitative estimate of drug-likeness (QED) is 0.784. The Morgan fingerprint density at radius 3 is 2.62 bits per heavy atom. The zero-order valence-electron chi connectivity index (χ0n) is 9.66. The average Bonchev–Trinajstić information content (AvgIpc) is 3.07. The lowest BCUT2D eigenvalue weighted by molar-refractivity contribution is -0.125. The van der Waals surface area contributed by atoms with Crippen LogP contribution < -0.4 is 5.32 Å². The van der Waals surface area contributed by atoms with Crippen LogP contribution in [0.2, 0.25) is 0 Å². The zero-order chi connectivity index (χ0) is 11.3. The normalized spacial score (nSPS) is 32.6. The third-order valence-electron chi connectivity index (χ3n) is 4.30. The van der Waals surface area contributed by atoms with Crippen LogP contribution in [0.3, 0.4) is 0 Å². The Balaban J connectivity index is 1.66. The van der Waals surface area contributed by atoms with Gasteiger partial charge in [0.05, 0.1) is 5.92 Å². The molecule has 0 radical (unpaired) electrons. The molecule has 3 fully saturated rings. The van der Waals surface area contributed by atoms with Gasteiger partial charge in [0.2, 0.25) is 5.91 Å². The van der Waals surface area contributed by atoms with Gasteiger partial charge in [-0.05, 0) is 37.0 Å². The fraction of sp³-hybridized carbons (Fsp3) is 0.833. The van der Waals surface area contributed by atoms with E-state index in [-0.39, 0.29) is 17.9 Å². The van der Waals surface area contributed by atoms with Crippen molar-refractivity contribution in [2.24, 2.45) is 17.3 Å². The first-order valence-electron chi connectivity index (χ1n) is 6.20. The second kappa shape index (κ2) is 3.22. The predicted octanol–water partition coefficient (Wildman–Crippen LogP) is 1.36. The van der Waals surface area contributed by atoms with Crippen LogP contribution in [0, 0.1) is 17.3 Å². The molecule has 3 rings (SSSR count). The van der Waals surface area contributed by atoms with Crippen LogP contribution in [0.25, 0.3) is 0 Å². The van der Waals surface area contributed by atoms with Crippen molar-refractivity contribution in [2.75, 3.05) is 13.1 Å². The number of hydrogen-bond acceptors (Lipinski definition) is 2. The van der Waals surface area contributed by atoms with Crippen molar-refractivity contribution in [3.05, 3.63) is 0 Å². The summed E-state index contributed by atoms with van der Waals surface area (Å²) in [5, 5.41) is 2.44. The van der Waals surface area contributed by atoms with E-state index in [2.05, 4.69) is 5.32 Å². The van der Waals surface area contributed by atoms with Gasteiger partial charge in [-0.3, -0.25) is 10.1 Å². The van der Waals surface area contributed by atoms with Gasteiger partial charge in [-0.15, -0.1) is 0 Å². The molecule has 0 aromatic carbocycles. The Labute approximate surface area is 95.4 Å². The topological polar surface area (TPSA) is 49.4 Å². The van der Waals surface area contributed by atoms with E-state index in [0.29, 0.717) is 12.0 Å². The number of nitrogens with zero attached hydrogens (tertiary/aromatic N) is 1. The van der Waals surface area contributed by atoms with Crippen LogP contribution in [-0.4, -0.2) is 29.9 Å². The van der Waals surface area contributed by atoms with Gasteiger partial charge >= 0.3 is 6.03 Å². The lowest BCUT2D eigenvalue weighted by atomic mass is 9.98. The molecule has 4 heteroatoms. The highest BCUT2D eigenvalue weighted by molar-refractivity contribution is 5.97. The van der Waals surface area contributed by atoms with Crippen molar-refractivity contribution in [1.29, 1.82) is 0 Å². The van der Waals surface area contributed by atoms with Crippen molar-refractivity contribution < 1.29 is 9.59 Å². The van der Waals surface area contributed by atoms with Crippen molar-refractivity contribution >= 4 is 11.9 Å². The first-order valence-corrected chi connectivity index (χ1v) is 6.20. The Morgan fingerprint density at radius 1 is 1.38 bits per heavy atom. The fourth-order valence-electron chi connectivity index (χ4n) is 2.87. The maximum absolute atomic E-state index is 11.7. The van der Waals surface area contributed by atoms with E-state index in [1.165, 1.54) is 25.7 Å². The summed E-state index contributed by atoms with van der Waals surface area (Å²) in [7, 11) is 0. The smallest absolute Gasteiger partial charge is 0.323 e. The number of hydrogen-bond donors (Lipinski definition) is 1. The summed E-state index contributed by atoms with van der Waals surface area (Å²) in [5.74, 6) is 0.665. The van der Waals surface area contributed by atoms with Crippen molar-refractivity contribution in [3.63, 3.8) is 0 Å². The van der Waals surface area contributed by atoms with E-state index in [9.17, 15) is 9.59 Å². The van der Waals surface area contributed by atoms with E-state index in [1.54, 1.807) is 0 Å². The van der Waals surface area contributed by atoms with E-state index in [4.69, 9.17) is 0 Å². The fourth-order valence-corrected chi connectivity index (χ4v) is 2.87. The number of urea groups is 1. The van der Waals surface area contributed by atoms with Crippen molar-refractivity contribution in [2.45, 2.75) is 32.6 Å². The summed E-state index contributed by atoms with van der Waals surface area (Å²) in [6, 6.07) is -0.185. The highest BCUT2D eigenvalue weighted by Gasteiger charge is 2.55. The molecule has 0 aromatic rings. The lowest BCUT2D eigenvalue weighted by Crippen LogP contribution is -2.55. The second-order valence-electron chi connectivity index (χ2n) is 5.71. The molecule has 0 aromatic heterocycles. The lowest BCUT2D eigenvalue weighted by Gasteiger charge is -2.33. The van der Waals surface area contributed by atoms with Crippen molar-refractivity contribution in [3.8, 4) is 0 Å². The molecular formula is C12H18N2O2. The summed E-state index contributed by atoms with van der Waals surface area (Å²) in [5.41, 5.74) is 0.428. The van der Waals surface area contributed by atoms with E-state index in [0.717, 1.165) is 12.5 Å². The van der Waals surface area contributed by atoms with Gasteiger partial charge in [-0.2, -0.15) is 0 Å². The summed E-state index contributed by atoms with van der Waals surface area (Å²) in [6.07, 6.45) is 5.21. The van der Waals surface area contributed by atoms with Gasteiger partial charge in [0.25, 0.3) is 0 Å². The summed E-state index contributed by atoms with van der Waals surface area (Å²) in [6.45, 7) is 3.34. The molecule has 1 saturated heterocycles. The highest BCUT2D eigenvalue weighted by atomic mass is 16.2. The molecule has 4 nitrogen and oxygen atoms in total. The maximum atomic E-state index is 11.7. The zero-order valence-corrected chi connectivity index (χ0v) is 9.66. The van der Waals surface area contributed by atoms with Crippen LogP contribution in [0.15, 0.2) is 0 Å². The molecular weight excluding hydrogens is 204 g/mol. The monoisotopic (exact) mass is 222 g/mol. The minimum absolute atomic E-state index is 0.0623. The third-order valence-corrected chi connectivity index (χ3v) is 4.30. The van der Waals surface area contributed by atoms with Gasteiger partial charge in [0.1, 0.15) is 0 Å². The van der Waals surface area contributed by atoms with Crippen LogP contribution in [0.5, 0.6) is 0 Å². The SMILES string of the molecule is CC1CN(CC2(C3CC3)CC2)C(=O)NC1=O. The molecule has 3 aliphatic rings. The largest absolute Gasteiger partial charge is 0.324 e.